The van der Waals surface area contributed by atoms with Crippen LogP contribution in [0.15, 0.2) is 48.5 Å². The zero-order valence-electron chi connectivity index (χ0n) is 27.1. The van der Waals surface area contributed by atoms with Crippen molar-refractivity contribution in [1.29, 1.82) is 0 Å². The number of amides is 1. The number of primary amides is 1. The van der Waals surface area contributed by atoms with Gasteiger partial charge in [0.05, 0.1) is 37.9 Å². The van der Waals surface area contributed by atoms with Gasteiger partial charge in [0.25, 0.3) is 0 Å². The molecule has 10 nitrogen and oxygen atoms in total. The van der Waals surface area contributed by atoms with Crippen molar-refractivity contribution in [3.63, 3.8) is 0 Å². The van der Waals surface area contributed by atoms with Crippen molar-refractivity contribution in [3.05, 3.63) is 76.6 Å². The SMILES string of the molecule is COc1ccc(C)nc1Cn1c(NCCCN2CCOCC2)nc2ccc(CN(CCCC(N)=O)c3cc(C)cc(C)c3)cc21. The Morgan fingerprint density at radius 1 is 1.02 bits per heavy atom. The van der Waals surface area contributed by atoms with Gasteiger partial charge < -0.3 is 30.0 Å². The van der Waals surface area contributed by atoms with Gasteiger partial charge in [-0.2, -0.15) is 0 Å². The monoisotopic (exact) mass is 613 g/mol. The fraction of sp³-hybridized carbons (Fsp3) is 0.457. The number of hydrogen-bond donors (Lipinski definition) is 2. The second-order valence-electron chi connectivity index (χ2n) is 12.0. The Kier molecular flexibility index (Phi) is 10.9. The lowest BCUT2D eigenvalue weighted by Crippen LogP contribution is -2.37. The van der Waals surface area contributed by atoms with Gasteiger partial charge in [-0.25, -0.2) is 4.98 Å². The van der Waals surface area contributed by atoms with Gasteiger partial charge in [0, 0.05) is 50.5 Å². The van der Waals surface area contributed by atoms with Crippen molar-refractivity contribution in [2.75, 3.05) is 63.3 Å². The van der Waals surface area contributed by atoms with Crippen LogP contribution >= 0.6 is 0 Å². The molecular formula is C35H47N7O3. The van der Waals surface area contributed by atoms with Crippen LogP contribution in [0.5, 0.6) is 5.75 Å². The van der Waals surface area contributed by atoms with Crippen LogP contribution in [0, 0.1) is 20.8 Å². The minimum Gasteiger partial charge on any atom is -0.495 e. The number of nitrogens with two attached hydrogens (primary N) is 1. The highest BCUT2D eigenvalue weighted by Crippen LogP contribution is 2.28. The van der Waals surface area contributed by atoms with Crippen molar-refractivity contribution in [1.82, 2.24) is 19.4 Å². The first-order chi connectivity index (χ1) is 21.8. The number of pyridine rings is 1. The first-order valence-corrected chi connectivity index (χ1v) is 15.9. The molecule has 240 valence electrons. The van der Waals surface area contributed by atoms with E-state index >= 15 is 0 Å². The van der Waals surface area contributed by atoms with Crippen LogP contribution in [0.1, 0.15) is 47.3 Å². The van der Waals surface area contributed by atoms with Crippen LogP contribution in [0.2, 0.25) is 0 Å². The van der Waals surface area contributed by atoms with E-state index in [0.29, 0.717) is 25.9 Å². The van der Waals surface area contributed by atoms with Gasteiger partial charge in [-0.05, 0) is 93.2 Å². The zero-order valence-corrected chi connectivity index (χ0v) is 27.1. The summed E-state index contributed by atoms with van der Waals surface area (Å²) in [5, 5.41) is 3.62. The number of morpholine rings is 1. The topological polar surface area (TPSA) is 111 Å². The van der Waals surface area contributed by atoms with Crippen molar-refractivity contribution in [2.24, 2.45) is 5.73 Å². The summed E-state index contributed by atoms with van der Waals surface area (Å²) < 4.78 is 13.4. The average Bonchev–Trinajstić information content (AvgIpc) is 3.35. The first kappa shape index (κ1) is 32.2. The molecule has 1 aliphatic heterocycles. The van der Waals surface area contributed by atoms with Gasteiger partial charge in [-0.3, -0.25) is 14.7 Å². The summed E-state index contributed by atoms with van der Waals surface area (Å²) in [5.41, 5.74) is 14.0. The fourth-order valence-electron chi connectivity index (χ4n) is 6.03. The summed E-state index contributed by atoms with van der Waals surface area (Å²) in [5.74, 6) is 1.31. The number of benzene rings is 2. The molecule has 0 saturated carbocycles. The summed E-state index contributed by atoms with van der Waals surface area (Å²) >= 11 is 0. The fourth-order valence-corrected chi connectivity index (χ4v) is 6.03. The van der Waals surface area contributed by atoms with E-state index in [0.717, 1.165) is 97.7 Å². The third kappa shape index (κ3) is 8.73. The molecule has 2 aromatic carbocycles. The molecule has 0 atom stereocenters. The molecule has 0 bridgehead atoms. The number of anilines is 2. The summed E-state index contributed by atoms with van der Waals surface area (Å²) in [4.78, 5) is 26.2. The standard InChI is InChI=1S/C35H47N7O3/c1-25-19-26(2)21-29(20-25)41(14-5-7-34(36)43)23-28-9-10-30-32(22-28)42(24-31-33(44-4)11-8-27(3)38-31)35(39-30)37-12-6-13-40-15-17-45-18-16-40/h8-11,19-22H,5-7,12-18,23-24H2,1-4H3,(H2,36,43)(H,37,39). The molecule has 0 unspecified atom stereocenters. The van der Waals surface area contributed by atoms with E-state index in [-0.39, 0.29) is 5.91 Å². The molecule has 1 aliphatic rings. The van der Waals surface area contributed by atoms with Crippen molar-refractivity contribution >= 4 is 28.6 Å². The number of nitrogens with one attached hydrogen (secondary N) is 1. The predicted molar refractivity (Wildman–Crippen MR) is 180 cm³/mol. The largest absolute Gasteiger partial charge is 0.495 e. The second kappa shape index (κ2) is 15.2. The maximum atomic E-state index is 11.5. The lowest BCUT2D eigenvalue weighted by Gasteiger charge is -2.26. The Hall–Kier alpha value is -4.15. The quantitative estimate of drug-likeness (QED) is 0.184. The molecule has 0 spiro atoms. The lowest BCUT2D eigenvalue weighted by atomic mass is 10.1. The smallest absolute Gasteiger partial charge is 0.217 e. The molecule has 3 heterocycles. The van der Waals surface area contributed by atoms with E-state index < -0.39 is 0 Å². The molecule has 3 N–H and O–H groups in total. The van der Waals surface area contributed by atoms with E-state index in [4.69, 9.17) is 25.2 Å². The molecule has 4 aromatic rings. The van der Waals surface area contributed by atoms with E-state index in [2.05, 4.69) is 69.9 Å². The van der Waals surface area contributed by atoms with Crippen LogP contribution < -0.4 is 20.7 Å². The normalized spacial score (nSPS) is 13.7. The maximum Gasteiger partial charge on any atom is 0.217 e. The third-order valence-electron chi connectivity index (χ3n) is 8.25. The Morgan fingerprint density at radius 2 is 1.80 bits per heavy atom. The molecule has 2 aromatic heterocycles. The second-order valence-corrected chi connectivity index (χ2v) is 12.0. The van der Waals surface area contributed by atoms with Crippen LogP contribution in [-0.4, -0.2) is 78.4 Å². The van der Waals surface area contributed by atoms with Gasteiger partial charge >= 0.3 is 0 Å². The van der Waals surface area contributed by atoms with E-state index in [1.54, 1.807) is 7.11 Å². The van der Waals surface area contributed by atoms with Crippen molar-refractivity contribution in [3.8, 4) is 5.75 Å². The van der Waals surface area contributed by atoms with Crippen LogP contribution in [0.4, 0.5) is 11.6 Å². The first-order valence-electron chi connectivity index (χ1n) is 15.9. The maximum absolute atomic E-state index is 11.5. The number of aryl methyl sites for hydroxylation is 3. The molecule has 45 heavy (non-hydrogen) atoms. The van der Waals surface area contributed by atoms with Crippen LogP contribution in [0.25, 0.3) is 11.0 Å². The number of aromatic nitrogens is 3. The molecule has 10 heteroatoms. The Labute approximate surface area is 266 Å². The van der Waals surface area contributed by atoms with Gasteiger partial charge in [0.15, 0.2) is 0 Å². The zero-order chi connectivity index (χ0) is 31.8. The number of methoxy groups -OCH3 is 1. The molecule has 1 fully saturated rings. The number of hydrogen-bond acceptors (Lipinski definition) is 8. The van der Waals surface area contributed by atoms with E-state index in [1.807, 2.05) is 19.1 Å². The number of nitrogens with zero attached hydrogens (tertiary/aromatic N) is 5. The molecular weight excluding hydrogens is 566 g/mol. The highest BCUT2D eigenvalue weighted by atomic mass is 16.5. The number of carbonyl (C=O) groups excluding carboxylic acids is 1. The summed E-state index contributed by atoms with van der Waals surface area (Å²) in [6.45, 7) is 13.6. The molecule has 1 amide bonds. The van der Waals surface area contributed by atoms with Gasteiger partial charge in [-0.15, -0.1) is 0 Å². The predicted octanol–water partition coefficient (Wildman–Crippen LogP) is 4.82. The Morgan fingerprint density at radius 3 is 2.53 bits per heavy atom. The molecule has 0 radical (unpaired) electrons. The Balaban J connectivity index is 1.44. The summed E-state index contributed by atoms with van der Waals surface area (Å²) in [6.07, 6.45) is 2.06. The van der Waals surface area contributed by atoms with Gasteiger partial charge in [-0.1, -0.05) is 12.1 Å². The molecule has 5 rings (SSSR count). The summed E-state index contributed by atoms with van der Waals surface area (Å²) in [6, 6.07) is 17.0. The highest BCUT2D eigenvalue weighted by molar-refractivity contribution is 5.80. The van der Waals surface area contributed by atoms with Gasteiger partial charge in [0.2, 0.25) is 11.9 Å². The third-order valence-corrected chi connectivity index (χ3v) is 8.25. The van der Waals surface area contributed by atoms with Gasteiger partial charge in [0.1, 0.15) is 11.4 Å². The van der Waals surface area contributed by atoms with Crippen molar-refractivity contribution < 1.29 is 14.3 Å². The van der Waals surface area contributed by atoms with Crippen LogP contribution in [-0.2, 0) is 22.6 Å². The van der Waals surface area contributed by atoms with E-state index in [9.17, 15) is 4.79 Å². The minimum absolute atomic E-state index is 0.272. The number of fused-ring (bicyclic) bond motifs is 1. The lowest BCUT2D eigenvalue weighted by molar-refractivity contribution is -0.118. The molecule has 1 saturated heterocycles. The van der Waals surface area contributed by atoms with E-state index in [1.165, 1.54) is 11.1 Å². The highest BCUT2D eigenvalue weighted by Gasteiger charge is 2.17. The number of rotatable bonds is 15. The number of ether oxygens (including phenoxy) is 2. The Bertz CT molecular complexity index is 1580. The number of imidazole rings is 1. The molecule has 0 aliphatic carbocycles. The van der Waals surface area contributed by atoms with Crippen molar-refractivity contribution in [2.45, 2.75) is 53.1 Å². The number of carbonyl (C=O) groups is 1. The average molecular weight is 614 g/mol. The minimum atomic E-state index is -0.272. The summed E-state index contributed by atoms with van der Waals surface area (Å²) in [7, 11) is 1.69. The van der Waals surface area contributed by atoms with Crippen LogP contribution in [0.3, 0.4) is 0 Å².